The van der Waals surface area contributed by atoms with Gasteiger partial charge in [0.1, 0.15) is 0 Å². The van der Waals surface area contributed by atoms with Crippen LogP contribution >= 0.6 is 11.6 Å². The van der Waals surface area contributed by atoms with Crippen LogP contribution < -0.4 is 5.32 Å². The number of aliphatic hydroxyl groups is 1. The van der Waals surface area contributed by atoms with Crippen molar-refractivity contribution in [1.82, 2.24) is 5.32 Å². The lowest BCUT2D eigenvalue weighted by atomic mass is 10.1. The first-order valence-corrected chi connectivity index (χ1v) is 7.47. The van der Waals surface area contributed by atoms with Gasteiger partial charge in [-0.3, -0.25) is 4.79 Å². The number of aliphatic hydroxyl groups excluding tert-OH is 1. The van der Waals surface area contributed by atoms with Crippen molar-refractivity contribution in [2.45, 2.75) is 12.5 Å². The third kappa shape index (κ3) is 5.35. The Morgan fingerprint density at radius 3 is 2.68 bits per heavy atom. The zero-order valence-corrected chi connectivity index (χ0v) is 12.8. The molecule has 0 aromatic heterocycles. The van der Waals surface area contributed by atoms with E-state index < -0.39 is 6.10 Å². The molecule has 0 radical (unpaired) electrons. The van der Waals surface area contributed by atoms with Gasteiger partial charge in [-0.15, -0.1) is 0 Å². The summed E-state index contributed by atoms with van der Waals surface area (Å²) in [4.78, 5) is 11.7. The smallest absolute Gasteiger partial charge is 0.244 e. The van der Waals surface area contributed by atoms with E-state index in [0.29, 0.717) is 18.0 Å². The van der Waals surface area contributed by atoms with E-state index >= 15 is 0 Å². The van der Waals surface area contributed by atoms with Crippen molar-refractivity contribution in [2.75, 3.05) is 6.54 Å². The summed E-state index contributed by atoms with van der Waals surface area (Å²) in [6.07, 6.45) is 3.03. The zero-order valence-electron chi connectivity index (χ0n) is 12.1. The van der Waals surface area contributed by atoms with E-state index in [-0.39, 0.29) is 5.91 Å². The van der Waals surface area contributed by atoms with Crippen molar-refractivity contribution in [2.24, 2.45) is 0 Å². The fraction of sp³-hybridized carbons (Fsp3) is 0.167. The van der Waals surface area contributed by atoms with Gasteiger partial charge in [-0.05, 0) is 35.8 Å². The van der Waals surface area contributed by atoms with Gasteiger partial charge >= 0.3 is 0 Å². The molecule has 1 amide bonds. The normalized spacial score (nSPS) is 12.3. The summed E-state index contributed by atoms with van der Waals surface area (Å²) in [7, 11) is 0. The van der Waals surface area contributed by atoms with Gasteiger partial charge < -0.3 is 10.4 Å². The van der Waals surface area contributed by atoms with Crippen molar-refractivity contribution in [3.63, 3.8) is 0 Å². The van der Waals surface area contributed by atoms with Crippen LogP contribution in [0.5, 0.6) is 0 Å². The van der Waals surface area contributed by atoms with Crippen LogP contribution in [0.1, 0.15) is 23.7 Å². The maximum Gasteiger partial charge on any atom is 0.244 e. The Morgan fingerprint density at radius 2 is 1.95 bits per heavy atom. The molecule has 0 saturated heterocycles. The Labute approximate surface area is 135 Å². The number of rotatable bonds is 6. The lowest BCUT2D eigenvalue weighted by molar-refractivity contribution is -0.116. The Kier molecular flexibility index (Phi) is 6.19. The van der Waals surface area contributed by atoms with Gasteiger partial charge in [0, 0.05) is 17.6 Å². The molecule has 0 aliphatic heterocycles. The molecular formula is C18H18ClNO2. The highest BCUT2D eigenvalue weighted by Gasteiger charge is 2.07. The molecule has 2 aromatic rings. The second-order valence-electron chi connectivity index (χ2n) is 4.89. The first kappa shape index (κ1) is 16.3. The minimum absolute atomic E-state index is 0.179. The van der Waals surface area contributed by atoms with Gasteiger partial charge in [0.25, 0.3) is 0 Å². The van der Waals surface area contributed by atoms with E-state index in [1.54, 1.807) is 24.3 Å². The maximum absolute atomic E-state index is 11.7. The van der Waals surface area contributed by atoms with E-state index in [9.17, 15) is 9.90 Å². The van der Waals surface area contributed by atoms with Crippen LogP contribution in [0, 0.1) is 0 Å². The second kappa shape index (κ2) is 8.37. The van der Waals surface area contributed by atoms with Gasteiger partial charge in [0.15, 0.2) is 0 Å². The fourth-order valence-electron chi connectivity index (χ4n) is 2.01. The van der Waals surface area contributed by atoms with Crippen molar-refractivity contribution in [1.29, 1.82) is 0 Å². The lowest BCUT2D eigenvalue weighted by Crippen LogP contribution is -2.23. The number of halogens is 1. The van der Waals surface area contributed by atoms with E-state index in [4.69, 9.17) is 11.6 Å². The molecule has 0 bridgehead atoms. The summed E-state index contributed by atoms with van der Waals surface area (Å²) in [5, 5.41) is 13.4. The number of hydrogen-bond acceptors (Lipinski definition) is 2. The van der Waals surface area contributed by atoms with Crippen LogP contribution in [0.4, 0.5) is 0 Å². The van der Waals surface area contributed by atoms with Gasteiger partial charge in [-0.1, -0.05) is 54.1 Å². The molecule has 3 nitrogen and oxygen atoms in total. The van der Waals surface area contributed by atoms with Crippen LogP contribution in [0.15, 0.2) is 60.7 Å². The standard InChI is InChI=1S/C18H18ClNO2/c19-16-8-4-7-15(13-16)17(21)11-12-20-18(22)10-9-14-5-2-1-3-6-14/h1-10,13,17,21H,11-12H2,(H,20,22)/b10-9+/t17-/m0/s1. The Bertz CT molecular complexity index is 641. The molecule has 4 heteroatoms. The molecular weight excluding hydrogens is 298 g/mol. The number of carbonyl (C=O) groups excluding carboxylic acids is 1. The molecule has 0 fully saturated rings. The number of benzene rings is 2. The number of hydrogen-bond donors (Lipinski definition) is 2. The zero-order chi connectivity index (χ0) is 15.8. The largest absolute Gasteiger partial charge is 0.388 e. The minimum Gasteiger partial charge on any atom is -0.388 e. The van der Waals surface area contributed by atoms with Gasteiger partial charge in [-0.2, -0.15) is 0 Å². The van der Waals surface area contributed by atoms with E-state index in [1.807, 2.05) is 36.4 Å². The van der Waals surface area contributed by atoms with Crippen LogP contribution in [-0.4, -0.2) is 17.6 Å². The summed E-state index contributed by atoms with van der Waals surface area (Å²) < 4.78 is 0. The molecule has 2 aromatic carbocycles. The van der Waals surface area contributed by atoms with E-state index in [1.165, 1.54) is 6.08 Å². The molecule has 0 unspecified atom stereocenters. The molecule has 114 valence electrons. The van der Waals surface area contributed by atoms with E-state index in [0.717, 1.165) is 11.1 Å². The van der Waals surface area contributed by atoms with Crippen LogP contribution in [0.3, 0.4) is 0 Å². The third-order valence-corrected chi connectivity index (χ3v) is 3.41. The number of carbonyl (C=O) groups is 1. The number of nitrogens with one attached hydrogen (secondary N) is 1. The molecule has 0 saturated carbocycles. The summed E-state index contributed by atoms with van der Waals surface area (Å²) in [5.74, 6) is -0.179. The predicted octanol–water partition coefficient (Wildman–Crippen LogP) is 3.59. The topological polar surface area (TPSA) is 49.3 Å². The van der Waals surface area contributed by atoms with Crippen LogP contribution in [0.25, 0.3) is 6.08 Å². The molecule has 0 aliphatic rings. The van der Waals surface area contributed by atoms with Crippen molar-refractivity contribution in [3.05, 3.63) is 76.8 Å². The van der Waals surface area contributed by atoms with Gasteiger partial charge in [-0.25, -0.2) is 0 Å². The van der Waals surface area contributed by atoms with Crippen molar-refractivity contribution in [3.8, 4) is 0 Å². The second-order valence-corrected chi connectivity index (χ2v) is 5.33. The van der Waals surface area contributed by atoms with Gasteiger partial charge in [0.05, 0.1) is 6.10 Å². The SMILES string of the molecule is O=C(/C=C/c1ccccc1)NCC[C@H](O)c1cccc(Cl)c1. The average molecular weight is 316 g/mol. The molecule has 0 aliphatic carbocycles. The van der Waals surface area contributed by atoms with Crippen molar-refractivity contribution >= 4 is 23.6 Å². The van der Waals surface area contributed by atoms with Crippen LogP contribution in [0.2, 0.25) is 5.02 Å². The molecule has 2 N–H and O–H groups in total. The first-order valence-electron chi connectivity index (χ1n) is 7.09. The third-order valence-electron chi connectivity index (χ3n) is 3.18. The molecule has 0 spiro atoms. The Hall–Kier alpha value is -2.10. The molecule has 1 atom stereocenters. The fourth-order valence-corrected chi connectivity index (χ4v) is 2.21. The minimum atomic E-state index is -0.642. The average Bonchev–Trinajstić information content (AvgIpc) is 2.54. The predicted molar refractivity (Wildman–Crippen MR) is 89.5 cm³/mol. The first-order chi connectivity index (χ1) is 10.6. The highest BCUT2D eigenvalue weighted by Crippen LogP contribution is 2.19. The summed E-state index contributed by atoms with van der Waals surface area (Å²) in [5.41, 5.74) is 1.72. The molecule has 0 heterocycles. The van der Waals surface area contributed by atoms with E-state index in [2.05, 4.69) is 5.32 Å². The summed E-state index contributed by atoms with van der Waals surface area (Å²) in [6, 6.07) is 16.7. The molecule has 22 heavy (non-hydrogen) atoms. The highest BCUT2D eigenvalue weighted by molar-refractivity contribution is 6.30. The quantitative estimate of drug-likeness (QED) is 0.800. The molecule has 2 rings (SSSR count). The lowest BCUT2D eigenvalue weighted by Gasteiger charge is -2.11. The van der Waals surface area contributed by atoms with Crippen LogP contribution in [-0.2, 0) is 4.79 Å². The van der Waals surface area contributed by atoms with Gasteiger partial charge in [0.2, 0.25) is 5.91 Å². The Balaban J connectivity index is 1.76. The maximum atomic E-state index is 11.7. The monoisotopic (exact) mass is 315 g/mol. The summed E-state index contributed by atoms with van der Waals surface area (Å²) >= 11 is 5.88. The Morgan fingerprint density at radius 1 is 1.18 bits per heavy atom. The van der Waals surface area contributed by atoms with Crippen molar-refractivity contribution < 1.29 is 9.90 Å². The highest BCUT2D eigenvalue weighted by atomic mass is 35.5. The number of amides is 1. The summed E-state index contributed by atoms with van der Waals surface area (Å²) in [6.45, 7) is 0.394.